The summed E-state index contributed by atoms with van der Waals surface area (Å²) in [4.78, 5) is 0. The second-order valence-corrected chi connectivity index (χ2v) is 6.65. The van der Waals surface area contributed by atoms with Crippen LogP contribution in [0.4, 0.5) is 0 Å². The molecule has 1 saturated carbocycles. The maximum Gasteiger partial charge on any atom is 0.137 e. The van der Waals surface area contributed by atoms with Gasteiger partial charge in [0.25, 0.3) is 0 Å². The lowest BCUT2D eigenvalue weighted by Crippen LogP contribution is -2.91. The van der Waals surface area contributed by atoms with Crippen LogP contribution in [0, 0.1) is 6.92 Å². The Kier molecular flexibility index (Phi) is 6.07. The summed E-state index contributed by atoms with van der Waals surface area (Å²) in [5, 5.41) is 12.3. The summed E-state index contributed by atoms with van der Waals surface area (Å²) in [5.41, 5.74) is 2.62. The van der Waals surface area contributed by atoms with Crippen molar-refractivity contribution in [2.24, 2.45) is 0 Å². The van der Waals surface area contributed by atoms with E-state index in [1.54, 1.807) is 0 Å². The van der Waals surface area contributed by atoms with Crippen LogP contribution in [-0.4, -0.2) is 30.4 Å². The van der Waals surface area contributed by atoms with Crippen molar-refractivity contribution in [3.63, 3.8) is 0 Å². The van der Waals surface area contributed by atoms with Crippen LogP contribution < -0.4 is 10.1 Å². The first-order valence-electron chi connectivity index (χ1n) is 8.31. The molecule has 3 heteroatoms. The van der Waals surface area contributed by atoms with E-state index in [-0.39, 0.29) is 0 Å². The summed E-state index contributed by atoms with van der Waals surface area (Å²) in [6.45, 7) is 7.64. The minimum Gasteiger partial charge on any atom is -0.491 e. The Hall–Kier alpha value is -1.06. The van der Waals surface area contributed by atoms with Gasteiger partial charge in [0.2, 0.25) is 0 Å². The normalized spacial score (nSPS) is 17.4. The highest BCUT2D eigenvalue weighted by molar-refractivity contribution is 5.36. The van der Waals surface area contributed by atoms with Gasteiger partial charge in [-0.25, -0.2) is 0 Å². The molecule has 1 aromatic carbocycles. The zero-order valence-corrected chi connectivity index (χ0v) is 13.6. The highest BCUT2D eigenvalue weighted by atomic mass is 16.5. The van der Waals surface area contributed by atoms with Gasteiger partial charge in [0.1, 0.15) is 25.0 Å². The van der Waals surface area contributed by atoms with E-state index in [4.69, 9.17) is 4.74 Å². The lowest BCUT2D eigenvalue weighted by atomic mass is 9.98. The van der Waals surface area contributed by atoms with Crippen LogP contribution in [0.5, 0.6) is 5.75 Å². The number of nitrogens with two attached hydrogens (primary N) is 1. The highest BCUT2D eigenvalue weighted by Gasteiger charge is 2.19. The number of aliphatic hydroxyl groups excluding tert-OH is 1. The number of quaternary nitrogens is 1. The quantitative estimate of drug-likeness (QED) is 0.810. The molecule has 0 aromatic heterocycles. The Bertz CT molecular complexity index is 439. The zero-order valence-electron chi connectivity index (χ0n) is 13.6. The fraction of sp³-hybridized carbons (Fsp3) is 0.667. The van der Waals surface area contributed by atoms with Gasteiger partial charge in [0, 0.05) is 0 Å². The summed E-state index contributed by atoms with van der Waals surface area (Å²) in [6.07, 6.45) is 4.88. The van der Waals surface area contributed by atoms with Crippen molar-refractivity contribution >= 4 is 0 Å². The topological polar surface area (TPSA) is 46.1 Å². The molecule has 1 aliphatic carbocycles. The SMILES string of the molecule is Cc1cc(OC[C@@H](O)C[NH2+]C2CCCC2)ccc1C(C)C. The van der Waals surface area contributed by atoms with Crippen molar-refractivity contribution in [1.29, 1.82) is 0 Å². The number of ether oxygens (including phenoxy) is 1. The number of hydrogen-bond donors (Lipinski definition) is 2. The molecule has 0 radical (unpaired) electrons. The van der Waals surface area contributed by atoms with Gasteiger partial charge in [0.15, 0.2) is 0 Å². The van der Waals surface area contributed by atoms with Crippen molar-refractivity contribution < 1.29 is 15.2 Å². The summed E-state index contributed by atoms with van der Waals surface area (Å²) in [5.74, 6) is 1.39. The van der Waals surface area contributed by atoms with E-state index in [1.165, 1.54) is 36.8 Å². The molecule has 1 atom stereocenters. The molecule has 0 spiro atoms. The predicted octanol–water partition coefficient (Wildman–Crippen LogP) is 2.36. The minimum absolute atomic E-state index is 0.379. The molecule has 0 bridgehead atoms. The number of aryl methyl sites for hydroxylation is 1. The van der Waals surface area contributed by atoms with Crippen LogP contribution in [0.2, 0.25) is 0 Å². The third-order valence-corrected chi connectivity index (χ3v) is 4.45. The molecule has 1 aromatic rings. The van der Waals surface area contributed by atoms with Gasteiger partial charge in [0.05, 0.1) is 6.04 Å². The molecule has 0 aliphatic heterocycles. The zero-order chi connectivity index (χ0) is 15.2. The van der Waals surface area contributed by atoms with Gasteiger partial charge < -0.3 is 15.2 Å². The van der Waals surface area contributed by atoms with Gasteiger partial charge in [-0.05, 0) is 61.8 Å². The van der Waals surface area contributed by atoms with Crippen LogP contribution in [0.3, 0.4) is 0 Å². The molecule has 0 unspecified atom stereocenters. The molecule has 0 heterocycles. The van der Waals surface area contributed by atoms with Gasteiger partial charge in [-0.1, -0.05) is 19.9 Å². The van der Waals surface area contributed by atoms with Crippen molar-refractivity contribution in [1.82, 2.24) is 0 Å². The molecule has 118 valence electrons. The number of benzene rings is 1. The van der Waals surface area contributed by atoms with Gasteiger partial charge in [-0.3, -0.25) is 0 Å². The molecule has 1 aliphatic rings. The Morgan fingerprint density at radius 1 is 1.29 bits per heavy atom. The lowest BCUT2D eigenvalue weighted by molar-refractivity contribution is -0.693. The van der Waals surface area contributed by atoms with Gasteiger partial charge >= 0.3 is 0 Å². The maximum absolute atomic E-state index is 10.0. The molecular formula is C18H30NO2+. The van der Waals surface area contributed by atoms with E-state index >= 15 is 0 Å². The summed E-state index contributed by atoms with van der Waals surface area (Å²) in [6, 6.07) is 6.93. The first-order valence-corrected chi connectivity index (χ1v) is 8.31. The van der Waals surface area contributed by atoms with E-state index < -0.39 is 6.10 Å². The van der Waals surface area contributed by atoms with Crippen LogP contribution in [0.25, 0.3) is 0 Å². The van der Waals surface area contributed by atoms with Gasteiger partial charge in [-0.15, -0.1) is 0 Å². The smallest absolute Gasteiger partial charge is 0.137 e. The minimum atomic E-state index is -0.393. The summed E-state index contributed by atoms with van der Waals surface area (Å²) in [7, 11) is 0. The number of aliphatic hydroxyl groups is 1. The van der Waals surface area contributed by atoms with Crippen LogP contribution in [-0.2, 0) is 0 Å². The maximum atomic E-state index is 10.0. The van der Waals surface area contributed by atoms with Crippen molar-refractivity contribution in [3.05, 3.63) is 29.3 Å². The number of hydrogen-bond acceptors (Lipinski definition) is 2. The first kappa shape index (κ1) is 16.3. The van der Waals surface area contributed by atoms with E-state index in [1.807, 2.05) is 6.07 Å². The molecule has 0 saturated heterocycles. The monoisotopic (exact) mass is 292 g/mol. The second-order valence-electron chi connectivity index (χ2n) is 6.65. The van der Waals surface area contributed by atoms with Crippen molar-refractivity contribution in [3.8, 4) is 5.75 Å². The molecule has 21 heavy (non-hydrogen) atoms. The van der Waals surface area contributed by atoms with E-state index in [9.17, 15) is 5.11 Å². The van der Waals surface area contributed by atoms with E-state index in [0.717, 1.165) is 12.3 Å². The standard InChI is InChI=1S/C18H29NO2/c1-13(2)18-9-8-17(10-14(18)3)21-12-16(20)11-19-15-6-4-5-7-15/h8-10,13,15-16,19-20H,4-7,11-12H2,1-3H3/p+1/t16-/m0/s1. The molecule has 0 amide bonds. The lowest BCUT2D eigenvalue weighted by Gasteiger charge is -2.16. The Morgan fingerprint density at radius 3 is 2.62 bits per heavy atom. The second kappa shape index (κ2) is 7.81. The van der Waals surface area contributed by atoms with Gasteiger partial charge in [-0.2, -0.15) is 0 Å². The van der Waals surface area contributed by atoms with Crippen LogP contribution in [0.15, 0.2) is 18.2 Å². The molecule has 3 nitrogen and oxygen atoms in total. The average Bonchev–Trinajstić information content (AvgIpc) is 2.95. The number of rotatable bonds is 7. The predicted molar refractivity (Wildman–Crippen MR) is 85.8 cm³/mol. The molecule has 1 fully saturated rings. The van der Waals surface area contributed by atoms with Crippen LogP contribution >= 0.6 is 0 Å². The Morgan fingerprint density at radius 2 is 2.00 bits per heavy atom. The third kappa shape index (κ3) is 5.01. The van der Waals surface area contributed by atoms with Crippen LogP contribution in [0.1, 0.15) is 56.6 Å². The van der Waals surface area contributed by atoms with Crippen molar-refractivity contribution in [2.75, 3.05) is 13.2 Å². The molecule has 2 rings (SSSR count). The van der Waals surface area contributed by atoms with E-state index in [2.05, 4.69) is 38.2 Å². The fourth-order valence-corrected chi connectivity index (χ4v) is 3.19. The first-order chi connectivity index (χ1) is 10.1. The van der Waals surface area contributed by atoms with Crippen molar-refractivity contribution in [2.45, 2.75) is 64.5 Å². The Labute approximate surface area is 128 Å². The third-order valence-electron chi connectivity index (χ3n) is 4.45. The molecular weight excluding hydrogens is 262 g/mol. The highest BCUT2D eigenvalue weighted by Crippen LogP contribution is 2.23. The summed E-state index contributed by atoms with van der Waals surface area (Å²) >= 11 is 0. The Balaban J connectivity index is 1.75. The van der Waals surface area contributed by atoms with E-state index in [0.29, 0.717) is 18.6 Å². The largest absolute Gasteiger partial charge is 0.491 e. The summed E-state index contributed by atoms with van der Waals surface area (Å²) < 4.78 is 5.73. The average molecular weight is 292 g/mol. The fourth-order valence-electron chi connectivity index (χ4n) is 3.19. The molecule has 3 N–H and O–H groups in total.